The highest BCUT2D eigenvalue weighted by Crippen LogP contribution is 2.31. The van der Waals surface area contributed by atoms with E-state index in [-0.39, 0.29) is 17.4 Å². The van der Waals surface area contributed by atoms with E-state index in [0.717, 1.165) is 22.0 Å². The SMILES string of the molecule is Cc1ccc(C)c(N2C(=O)c3ccc(C(=O)NCCn4ccc5ccccc54)cc3C2=O)c1. The molecular weight excluding hydrogens is 414 g/mol. The topological polar surface area (TPSA) is 71.4 Å². The van der Waals surface area contributed by atoms with Crippen LogP contribution in [0.1, 0.15) is 42.2 Å². The van der Waals surface area contributed by atoms with Crippen molar-refractivity contribution in [3.05, 3.63) is 101 Å². The van der Waals surface area contributed by atoms with Crippen LogP contribution >= 0.6 is 0 Å². The fraction of sp³-hybridized carbons (Fsp3) is 0.148. The van der Waals surface area contributed by atoms with Crippen molar-refractivity contribution in [2.45, 2.75) is 20.4 Å². The van der Waals surface area contributed by atoms with Crippen molar-refractivity contribution in [2.24, 2.45) is 0 Å². The summed E-state index contributed by atoms with van der Waals surface area (Å²) in [6.07, 6.45) is 2.00. The molecule has 0 spiro atoms. The molecule has 3 amide bonds. The number of aryl methyl sites for hydroxylation is 2. The first-order chi connectivity index (χ1) is 15.9. The third-order valence-corrected chi connectivity index (χ3v) is 6.07. The Morgan fingerprint density at radius 3 is 2.52 bits per heavy atom. The number of hydrogen-bond donors (Lipinski definition) is 1. The van der Waals surface area contributed by atoms with Crippen LogP contribution in [0.25, 0.3) is 10.9 Å². The highest BCUT2D eigenvalue weighted by molar-refractivity contribution is 6.35. The van der Waals surface area contributed by atoms with Crippen LogP contribution in [0.15, 0.2) is 72.9 Å². The molecule has 0 saturated heterocycles. The minimum absolute atomic E-state index is 0.255. The van der Waals surface area contributed by atoms with Crippen molar-refractivity contribution in [3.8, 4) is 0 Å². The number of fused-ring (bicyclic) bond motifs is 2. The molecule has 0 radical (unpaired) electrons. The average molecular weight is 437 g/mol. The number of imide groups is 1. The Labute approximate surface area is 191 Å². The summed E-state index contributed by atoms with van der Waals surface area (Å²) in [6.45, 7) is 4.85. The highest BCUT2D eigenvalue weighted by Gasteiger charge is 2.37. The standard InChI is InChI=1S/C27H23N3O3/c1-17-7-8-18(2)24(15-17)30-26(32)21-10-9-20(16-22(21)27(30)33)25(31)28-12-14-29-13-11-19-5-3-4-6-23(19)29/h3-11,13,15-16H,12,14H2,1-2H3,(H,28,31). The summed E-state index contributed by atoms with van der Waals surface area (Å²) < 4.78 is 2.09. The molecule has 0 saturated carbocycles. The Morgan fingerprint density at radius 1 is 0.879 bits per heavy atom. The fourth-order valence-electron chi connectivity index (χ4n) is 4.29. The number of amides is 3. The highest BCUT2D eigenvalue weighted by atomic mass is 16.2. The van der Waals surface area contributed by atoms with E-state index in [2.05, 4.69) is 16.0 Å². The van der Waals surface area contributed by atoms with E-state index in [1.807, 2.05) is 62.5 Å². The third kappa shape index (κ3) is 3.59. The van der Waals surface area contributed by atoms with E-state index in [0.29, 0.717) is 29.9 Å². The van der Waals surface area contributed by atoms with Crippen LogP contribution in [0.5, 0.6) is 0 Å². The smallest absolute Gasteiger partial charge is 0.266 e. The van der Waals surface area contributed by atoms with Crippen LogP contribution in [0, 0.1) is 13.8 Å². The van der Waals surface area contributed by atoms with Crippen LogP contribution in [0.4, 0.5) is 5.69 Å². The van der Waals surface area contributed by atoms with Gasteiger partial charge in [-0.05, 0) is 66.8 Å². The maximum Gasteiger partial charge on any atom is 0.266 e. The normalized spacial score (nSPS) is 13.0. The summed E-state index contributed by atoms with van der Waals surface area (Å²) >= 11 is 0. The summed E-state index contributed by atoms with van der Waals surface area (Å²) in [5.41, 5.74) is 4.41. The zero-order valence-corrected chi connectivity index (χ0v) is 18.5. The summed E-state index contributed by atoms with van der Waals surface area (Å²) in [5, 5.41) is 4.06. The molecule has 0 unspecified atom stereocenters. The number of benzene rings is 3. The molecule has 0 aliphatic carbocycles. The minimum Gasteiger partial charge on any atom is -0.350 e. The molecule has 4 aromatic rings. The number of nitrogens with zero attached hydrogens (tertiary/aromatic N) is 2. The number of carbonyl (C=O) groups excluding carboxylic acids is 3. The van der Waals surface area contributed by atoms with Crippen molar-refractivity contribution >= 4 is 34.3 Å². The molecular formula is C27H23N3O3. The number of anilines is 1. The second-order valence-electron chi connectivity index (χ2n) is 8.32. The van der Waals surface area contributed by atoms with Crippen LogP contribution in [0.2, 0.25) is 0 Å². The first-order valence-electron chi connectivity index (χ1n) is 10.9. The van der Waals surface area contributed by atoms with Gasteiger partial charge in [-0.3, -0.25) is 14.4 Å². The van der Waals surface area contributed by atoms with Crippen molar-refractivity contribution in [2.75, 3.05) is 11.4 Å². The van der Waals surface area contributed by atoms with E-state index in [1.54, 1.807) is 12.1 Å². The molecule has 6 heteroatoms. The molecule has 0 atom stereocenters. The number of nitrogens with one attached hydrogen (secondary N) is 1. The molecule has 6 nitrogen and oxygen atoms in total. The monoisotopic (exact) mass is 437 g/mol. The van der Waals surface area contributed by atoms with Gasteiger partial charge in [0.15, 0.2) is 0 Å². The lowest BCUT2D eigenvalue weighted by atomic mass is 10.1. The Morgan fingerprint density at radius 2 is 1.67 bits per heavy atom. The zero-order chi connectivity index (χ0) is 23.1. The van der Waals surface area contributed by atoms with Crippen molar-refractivity contribution in [1.29, 1.82) is 0 Å². The van der Waals surface area contributed by atoms with Crippen LogP contribution in [0.3, 0.4) is 0 Å². The zero-order valence-electron chi connectivity index (χ0n) is 18.5. The van der Waals surface area contributed by atoms with Gasteiger partial charge in [0.2, 0.25) is 0 Å². The lowest BCUT2D eigenvalue weighted by molar-refractivity contribution is 0.0923. The van der Waals surface area contributed by atoms with Gasteiger partial charge in [0, 0.05) is 30.4 Å². The molecule has 33 heavy (non-hydrogen) atoms. The summed E-state index contributed by atoms with van der Waals surface area (Å²) in [6, 6.07) is 20.5. The summed E-state index contributed by atoms with van der Waals surface area (Å²) in [7, 11) is 0. The molecule has 0 fully saturated rings. The molecule has 2 heterocycles. The first kappa shape index (κ1) is 20.7. The van der Waals surface area contributed by atoms with E-state index in [9.17, 15) is 14.4 Å². The second-order valence-corrected chi connectivity index (χ2v) is 8.32. The first-order valence-corrected chi connectivity index (χ1v) is 10.9. The van der Waals surface area contributed by atoms with Gasteiger partial charge in [-0.2, -0.15) is 0 Å². The molecule has 1 aliphatic heterocycles. The van der Waals surface area contributed by atoms with Gasteiger partial charge in [0.05, 0.1) is 16.8 Å². The number of aromatic nitrogens is 1. The maximum absolute atomic E-state index is 13.1. The predicted octanol–water partition coefficient (Wildman–Crippen LogP) is 4.49. The van der Waals surface area contributed by atoms with Crippen LogP contribution in [-0.2, 0) is 6.54 Å². The number of rotatable bonds is 5. The molecule has 1 aliphatic rings. The molecule has 164 valence electrons. The van der Waals surface area contributed by atoms with Gasteiger partial charge in [-0.1, -0.05) is 30.3 Å². The molecule has 3 aromatic carbocycles. The Kier molecular flexibility index (Phi) is 5.05. The summed E-state index contributed by atoms with van der Waals surface area (Å²) in [5.74, 6) is -1.05. The Hall–Kier alpha value is -4.19. The number of carbonyl (C=O) groups is 3. The van der Waals surface area contributed by atoms with E-state index >= 15 is 0 Å². The molecule has 5 rings (SSSR count). The second kappa shape index (κ2) is 8.06. The summed E-state index contributed by atoms with van der Waals surface area (Å²) in [4.78, 5) is 40.0. The Bertz CT molecular complexity index is 1430. The maximum atomic E-state index is 13.1. The van der Waals surface area contributed by atoms with Crippen molar-refractivity contribution in [1.82, 2.24) is 9.88 Å². The fourth-order valence-corrected chi connectivity index (χ4v) is 4.29. The van der Waals surface area contributed by atoms with Gasteiger partial charge in [-0.15, -0.1) is 0 Å². The van der Waals surface area contributed by atoms with Gasteiger partial charge in [0.1, 0.15) is 0 Å². The number of hydrogen-bond acceptors (Lipinski definition) is 3. The van der Waals surface area contributed by atoms with Crippen LogP contribution in [-0.4, -0.2) is 28.8 Å². The van der Waals surface area contributed by atoms with Gasteiger partial charge in [0.25, 0.3) is 17.7 Å². The van der Waals surface area contributed by atoms with Gasteiger partial charge < -0.3 is 9.88 Å². The largest absolute Gasteiger partial charge is 0.350 e. The van der Waals surface area contributed by atoms with Crippen molar-refractivity contribution in [3.63, 3.8) is 0 Å². The number of para-hydroxylation sites is 1. The van der Waals surface area contributed by atoms with E-state index in [4.69, 9.17) is 0 Å². The third-order valence-electron chi connectivity index (χ3n) is 6.07. The minimum atomic E-state index is -0.405. The van der Waals surface area contributed by atoms with Crippen LogP contribution < -0.4 is 10.2 Å². The quantitative estimate of drug-likeness (QED) is 0.468. The molecule has 0 bridgehead atoms. The molecule has 1 aromatic heterocycles. The van der Waals surface area contributed by atoms with E-state index < -0.39 is 5.91 Å². The molecule has 1 N–H and O–H groups in total. The van der Waals surface area contributed by atoms with Gasteiger partial charge >= 0.3 is 0 Å². The average Bonchev–Trinajstić information content (AvgIpc) is 3.34. The lowest BCUT2D eigenvalue weighted by Crippen LogP contribution is -2.30. The predicted molar refractivity (Wildman–Crippen MR) is 128 cm³/mol. The lowest BCUT2D eigenvalue weighted by Gasteiger charge is -2.17. The van der Waals surface area contributed by atoms with Gasteiger partial charge in [-0.25, -0.2) is 4.90 Å². The van der Waals surface area contributed by atoms with E-state index in [1.165, 1.54) is 11.0 Å². The van der Waals surface area contributed by atoms with Crippen molar-refractivity contribution < 1.29 is 14.4 Å². The Balaban J connectivity index is 1.32.